The summed E-state index contributed by atoms with van der Waals surface area (Å²) in [4.78, 5) is 35.8. The van der Waals surface area contributed by atoms with Gasteiger partial charge in [0.15, 0.2) is 5.78 Å². The van der Waals surface area contributed by atoms with E-state index in [0.29, 0.717) is 29.2 Å². The number of fused-ring (bicyclic) bond motifs is 1. The van der Waals surface area contributed by atoms with Crippen LogP contribution in [0.2, 0.25) is 0 Å². The Morgan fingerprint density at radius 2 is 1.84 bits per heavy atom. The number of carbonyl (C=O) groups excluding carboxylic acids is 1. The Balaban J connectivity index is 1.85. The van der Waals surface area contributed by atoms with E-state index < -0.39 is 11.3 Å². The summed E-state index contributed by atoms with van der Waals surface area (Å²) in [5.74, 6) is 1.01. The number of aromatic nitrogens is 2. The van der Waals surface area contributed by atoms with Gasteiger partial charge in [-0.25, -0.2) is 4.79 Å². The molecule has 0 N–H and O–H groups in total. The fourth-order valence-electron chi connectivity index (χ4n) is 2.80. The summed E-state index contributed by atoms with van der Waals surface area (Å²) in [7, 11) is 3.01. The van der Waals surface area contributed by atoms with Gasteiger partial charge < -0.3 is 9.47 Å². The molecule has 0 amide bonds. The van der Waals surface area contributed by atoms with Gasteiger partial charge in [0.2, 0.25) is 0 Å². The maximum Gasteiger partial charge on any atom is 0.330 e. The van der Waals surface area contributed by atoms with Crippen LogP contribution in [0.3, 0.4) is 0 Å². The fraction of sp³-hybridized carbons (Fsp3) is 0.389. The van der Waals surface area contributed by atoms with E-state index >= 15 is 0 Å². The Labute approximate surface area is 144 Å². The van der Waals surface area contributed by atoms with Gasteiger partial charge in [0.25, 0.3) is 5.56 Å². The molecule has 0 atom stereocenters. The van der Waals surface area contributed by atoms with Gasteiger partial charge in [0.1, 0.15) is 23.7 Å². The predicted molar refractivity (Wildman–Crippen MR) is 91.4 cm³/mol. The fourth-order valence-corrected chi connectivity index (χ4v) is 2.80. The molecular formula is C18H20N2O5. The summed E-state index contributed by atoms with van der Waals surface area (Å²) < 4.78 is 13.9. The smallest absolute Gasteiger partial charge is 0.330 e. The summed E-state index contributed by atoms with van der Waals surface area (Å²) in [6.45, 7) is 3.77. The van der Waals surface area contributed by atoms with E-state index in [1.54, 1.807) is 25.2 Å². The second kappa shape index (κ2) is 5.91. The predicted octanol–water partition coefficient (Wildman–Crippen LogP) is 1.41. The molecule has 1 aliphatic rings. The summed E-state index contributed by atoms with van der Waals surface area (Å²) in [6.07, 6.45) is 0.329. The quantitative estimate of drug-likeness (QED) is 0.841. The van der Waals surface area contributed by atoms with E-state index in [9.17, 15) is 14.4 Å². The number of nitrogens with zero attached hydrogens (tertiary/aromatic N) is 2. The van der Waals surface area contributed by atoms with Gasteiger partial charge in [-0.05, 0) is 26.0 Å². The van der Waals surface area contributed by atoms with Crippen LogP contribution in [0, 0.1) is 0 Å². The molecule has 0 fully saturated rings. The number of ketones is 1. The molecular weight excluding hydrogens is 324 g/mol. The lowest BCUT2D eigenvalue weighted by Gasteiger charge is -2.31. The van der Waals surface area contributed by atoms with Crippen molar-refractivity contribution in [2.24, 2.45) is 14.1 Å². The Kier molecular flexibility index (Phi) is 4.02. The average Bonchev–Trinajstić information content (AvgIpc) is 2.53. The molecule has 0 unspecified atom stereocenters. The minimum atomic E-state index is -0.557. The van der Waals surface area contributed by atoms with Crippen LogP contribution in [0.25, 0.3) is 0 Å². The van der Waals surface area contributed by atoms with Crippen LogP contribution >= 0.6 is 0 Å². The Hall–Kier alpha value is -2.83. The first-order valence-electron chi connectivity index (χ1n) is 7.93. The largest absolute Gasteiger partial charge is 0.487 e. The van der Waals surface area contributed by atoms with Crippen molar-refractivity contribution in [1.82, 2.24) is 9.13 Å². The zero-order chi connectivity index (χ0) is 18.4. The van der Waals surface area contributed by atoms with Crippen molar-refractivity contribution in [3.63, 3.8) is 0 Å². The summed E-state index contributed by atoms with van der Waals surface area (Å²) in [5.41, 5.74) is -0.357. The van der Waals surface area contributed by atoms with E-state index in [4.69, 9.17) is 9.47 Å². The number of ether oxygens (including phenoxy) is 2. The van der Waals surface area contributed by atoms with Crippen molar-refractivity contribution in [3.8, 4) is 11.5 Å². The summed E-state index contributed by atoms with van der Waals surface area (Å²) in [6, 6.07) is 6.37. The molecule has 0 bridgehead atoms. The third-order valence-corrected chi connectivity index (χ3v) is 4.24. The molecule has 0 saturated carbocycles. The number of hydrogen-bond donors (Lipinski definition) is 0. The zero-order valence-electron chi connectivity index (χ0n) is 14.7. The summed E-state index contributed by atoms with van der Waals surface area (Å²) in [5, 5.41) is 0. The minimum Gasteiger partial charge on any atom is -0.487 e. The molecule has 132 valence electrons. The lowest BCUT2D eigenvalue weighted by molar-refractivity contribution is 0.0618. The Bertz CT molecular complexity index is 968. The van der Waals surface area contributed by atoms with Crippen molar-refractivity contribution in [1.29, 1.82) is 0 Å². The van der Waals surface area contributed by atoms with E-state index in [1.165, 1.54) is 17.7 Å². The van der Waals surface area contributed by atoms with E-state index in [-0.39, 0.29) is 17.9 Å². The second-order valence-electron chi connectivity index (χ2n) is 6.78. The molecule has 7 nitrogen and oxygen atoms in total. The molecule has 2 aromatic rings. The third-order valence-electron chi connectivity index (χ3n) is 4.24. The zero-order valence-corrected chi connectivity index (χ0v) is 14.7. The number of hydrogen-bond acceptors (Lipinski definition) is 5. The van der Waals surface area contributed by atoms with E-state index in [1.807, 2.05) is 13.8 Å². The molecule has 0 spiro atoms. The lowest BCUT2D eigenvalue weighted by atomic mass is 9.93. The molecule has 2 heterocycles. The topological polar surface area (TPSA) is 79.5 Å². The first-order valence-corrected chi connectivity index (χ1v) is 7.93. The molecule has 0 aliphatic carbocycles. The maximum atomic E-state index is 12.1. The number of carbonyl (C=O) groups is 1. The highest BCUT2D eigenvalue weighted by Crippen LogP contribution is 2.35. The average molecular weight is 344 g/mol. The number of benzene rings is 1. The van der Waals surface area contributed by atoms with Gasteiger partial charge in [0.05, 0.1) is 17.7 Å². The molecule has 1 aromatic carbocycles. The van der Waals surface area contributed by atoms with Crippen molar-refractivity contribution in [2.75, 3.05) is 0 Å². The maximum absolute atomic E-state index is 12.1. The van der Waals surface area contributed by atoms with Crippen LogP contribution < -0.4 is 20.7 Å². The standard InChI is InChI=1S/C18H20N2O5/c1-18(2)9-14(21)13-6-5-12(8-15(13)25-18)24-10-11-7-16(22)20(4)17(23)19(11)3/h5-8H,9-10H2,1-4H3. The van der Waals surface area contributed by atoms with Crippen LogP contribution in [-0.2, 0) is 20.7 Å². The van der Waals surface area contributed by atoms with Gasteiger partial charge >= 0.3 is 5.69 Å². The van der Waals surface area contributed by atoms with Crippen molar-refractivity contribution < 1.29 is 14.3 Å². The number of rotatable bonds is 3. The summed E-state index contributed by atoms with van der Waals surface area (Å²) >= 11 is 0. The third kappa shape index (κ3) is 3.22. The SMILES string of the molecule is Cn1c(COc2ccc3c(c2)OC(C)(C)CC3=O)cc(=O)n(C)c1=O. The van der Waals surface area contributed by atoms with Crippen LogP contribution in [0.15, 0.2) is 33.9 Å². The molecule has 7 heteroatoms. The second-order valence-corrected chi connectivity index (χ2v) is 6.78. The van der Waals surface area contributed by atoms with Gasteiger partial charge in [0, 0.05) is 26.2 Å². The Morgan fingerprint density at radius 3 is 2.56 bits per heavy atom. The van der Waals surface area contributed by atoms with Gasteiger partial charge in [-0.3, -0.25) is 18.7 Å². The Morgan fingerprint density at radius 1 is 1.12 bits per heavy atom. The monoisotopic (exact) mass is 344 g/mol. The molecule has 0 saturated heterocycles. The van der Waals surface area contributed by atoms with Crippen molar-refractivity contribution in [3.05, 3.63) is 56.4 Å². The molecule has 0 radical (unpaired) electrons. The lowest BCUT2D eigenvalue weighted by Crippen LogP contribution is -2.38. The molecule has 25 heavy (non-hydrogen) atoms. The van der Waals surface area contributed by atoms with Gasteiger partial charge in [-0.2, -0.15) is 0 Å². The van der Waals surface area contributed by atoms with Crippen LogP contribution in [0.1, 0.15) is 36.3 Å². The number of Topliss-reactive ketones (excluding diaryl/α,β-unsaturated/α-hetero) is 1. The minimum absolute atomic E-state index is 0.0340. The van der Waals surface area contributed by atoms with Gasteiger partial charge in [-0.15, -0.1) is 0 Å². The normalized spacial score (nSPS) is 15.4. The van der Waals surface area contributed by atoms with Gasteiger partial charge in [-0.1, -0.05) is 0 Å². The van der Waals surface area contributed by atoms with Crippen LogP contribution in [0.4, 0.5) is 0 Å². The molecule has 3 rings (SSSR count). The van der Waals surface area contributed by atoms with Crippen LogP contribution in [-0.4, -0.2) is 20.5 Å². The van der Waals surface area contributed by atoms with E-state index in [2.05, 4.69) is 0 Å². The first kappa shape index (κ1) is 17.0. The van der Waals surface area contributed by atoms with E-state index in [0.717, 1.165) is 4.57 Å². The highest BCUT2D eigenvalue weighted by Gasteiger charge is 2.32. The van der Waals surface area contributed by atoms with Crippen molar-refractivity contribution in [2.45, 2.75) is 32.5 Å². The van der Waals surface area contributed by atoms with Crippen molar-refractivity contribution >= 4 is 5.78 Å². The highest BCUT2D eigenvalue weighted by molar-refractivity contribution is 6.00. The van der Waals surface area contributed by atoms with Crippen LogP contribution in [0.5, 0.6) is 11.5 Å². The first-order chi connectivity index (χ1) is 11.7. The molecule has 1 aliphatic heterocycles. The highest BCUT2D eigenvalue weighted by atomic mass is 16.5. The molecule has 1 aromatic heterocycles.